The summed E-state index contributed by atoms with van der Waals surface area (Å²) in [5.74, 6) is 2.52. The van der Waals surface area contributed by atoms with Crippen molar-refractivity contribution in [2.24, 2.45) is 0 Å². The highest BCUT2D eigenvalue weighted by molar-refractivity contribution is 7.99. The summed E-state index contributed by atoms with van der Waals surface area (Å²) in [6, 6.07) is 0.669. The summed E-state index contributed by atoms with van der Waals surface area (Å²) in [4.78, 5) is 0. The minimum absolute atomic E-state index is 0.254. The van der Waals surface area contributed by atoms with Crippen LogP contribution in [0.3, 0.4) is 0 Å². The first-order valence-corrected chi connectivity index (χ1v) is 5.79. The molecule has 12 heavy (non-hydrogen) atoms. The van der Waals surface area contributed by atoms with Crippen molar-refractivity contribution in [2.45, 2.75) is 32.4 Å². The van der Waals surface area contributed by atoms with Gasteiger partial charge in [0.2, 0.25) is 0 Å². The van der Waals surface area contributed by atoms with E-state index in [-0.39, 0.29) is 5.54 Å². The van der Waals surface area contributed by atoms with Crippen LogP contribution < -0.4 is 10.6 Å². The summed E-state index contributed by atoms with van der Waals surface area (Å²) in [5.41, 5.74) is 0.254. The number of thioether (sulfide) groups is 1. The second kappa shape index (κ2) is 4.49. The van der Waals surface area contributed by atoms with Crippen LogP contribution in [0, 0.1) is 0 Å². The number of hydrogen-bond donors (Lipinski definition) is 2. The van der Waals surface area contributed by atoms with Crippen molar-refractivity contribution in [3.8, 4) is 0 Å². The third-order valence-corrected chi connectivity index (χ3v) is 3.01. The van der Waals surface area contributed by atoms with Gasteiger partial charge in [0.25, 0.3) is 0 Å². The molecule has 72 valence electrons. The normalized spacial score (nSPS) is 25.8. The Bertz CT molecular complexity index is 125. The second-order valence-electron chi connectivity index (χ2n) is 4.36. The van der Waals surface area contributed by atoms with E-state index in [1.807, 2.05) is 0 Å². The Hall–Kier alpha value is 0.270. The van der Waals surface area contributed by atoms with Crippen LogP contribution in [0.25, 0.3) is 0 Å². The molecule has 0 bridgehead atoms. The fourth-order valence-corrected chi connectivity index (χ4v) is 2.13. The van der Waals surface area contributed by atoms with Crippen molar-refractivity contribution in [1.29, 1.82) is 0 Å². The van der Waals surface area contributed by atoms with E-state index in [0.717, 1.165) is 6.54 Å². The first-order chi connectivity index (χ1) is 5.58. The van der Waals surface area contributed by atoms with Gasteiger partial charge in [0.1, 0.15) is 0 Å². The molecule has 1 heterocycles. The van der Waals surface area contributed by atoms with Crippen molar-refractivity contribution in [2.75, 3.05) is 24.6 Å². The second-order valence-corrected chi connectivity index (χ2v) is 5.51. The predicted molar refractivity (Wildman–Crippen MR) is 56.9 cm³/mol. The smallest absolute Gasteiger partial charge is 0.0283 e. The zero-order valence-electron chi connectivity index (χ0n) is 8.31. The average Bonchev–Trinajstić information content (AvgIpc) is 2.02. The highest BCUT2D eigenvalue weighted by atomic mass is 32.2. The Kier molecular flexibility index (Phi) is 3.87. The Morgan fingerprint density at radius 2 is 2.25 bits per heavy atom. The summed E-state index contributed by atoms with van der Waals surface area (Å²) < 4.78 is 0. The molecule has 0 amide bonds. The maximum absolute atomic E-state index is 3.52. The molecule has 3 heteroatoms. The predicted octanol–water partition coefficient (Wildman–Crippen LogP) is 1.08. The lowest BCUT2D eigenvalue weighted by atomic mass is 10.1. The van der Waals surface area contributed by atoms with E-state index in [1.54, 1.807) is 0 Å². The fraction of sp³-hybridized carbons (Fsp3) is 1.00. The van der Waals surface area contributed by atoms with Gasteiger partial charge in [0.15, 0.2) is 0 Å². The molecule has 0 spiro atoms. The zero-order chi connectivity index (χ0) is 9.03. The lowest BCUT2D eigenvalue weighted by Gasteiger charge is -2.28. The van der Waals surface area contributed by atoms with E-state index < -0.39 is 0 Å². The molecule has 1 aliphatic heterocycles. The van der Waals surface area contributed by atoms with E-state index in [4.69, 9.17) is 0 Å². The summed E-state index contributed by atoms with van der Waals surface area (Å²) in [6.07, 6.45) is 0. The lowest BCUT2D eigenvalue weighted by molar-refractivity contribution is 0.391. The third kappa shape index (κ3) is 4.33. The Labute approximate surface area is 79.9 Å². The van der Waals surface area contributed by atoms with Gasteiger partial charge in [-0.05, 0) is 20.8 Å². The monoisotopic (exact) mass is 188 g/mol. The molecule has 0 aromatic carbocycles. The molecule has 0 aliphatic carbocycles. The molecule has 2 N–H and O–H groups in total. The van der Waals surface area contributed by atoms with Crippen molar-refractivity contribution in [3.05, 3.63) is 0 Å². The van der Waals surface area contributed by atoms with E-state index in [0.29, 0.717) is 6.04 Å². The molecule has 1 atom stereocenters. The molecule has 1 unspecified atom stereocenters. The highest BCUT2D eigenvalue weighted by Gasteiger charge is 2.15. The molecule has 0 aromatic heterocycles. The van der Waals surface area contributed by atoms with Gasteiger partial charge in [-0.3, -0.25) is 0 Å². The van der Waals surface area contributed by atoms with Crippen molar-refractivity contribution in [3.63, 3.8) is 0 Å². The maximum atomic E-state index is 3.52. The molecular formula is C9H20N2S. The van der Waals surface area contributed by atoms with Crippen molar-refractivity contribution >= 4 is 11.8 Å². The molecule has 1 saturated heterocycles. The Balaban J connectivity index is 2.13. The standard InChI is InChI=1S/C9H20N2S/c1-9(2,3)11-6-8-7-12-5-4-10-8/h8,10-11H,4-7H2,1-3H3. The van der Waals surface area contributed by atoms with E-state index in [1.165, 1.54) is 18.1 Å². The van der Waals surface area contributed by atoms with Crippen LogP contribution in [0.15, 0.2) is 0 Å². The maximum Gasteiger partial charge on any atom is 0.0283 e. The Morgan fingerprint density at radius 3 is 2.75 bits per heavy atom. The molecular weight excluding hydrogens is 168 g/mol. The van der Waals surface area contributed by atoms with Crippen LogP contribution in [-0.4, -0.2) is 36.2 Å². The molecule has 0 aromatic rings. The van der Waals surface area contributed by atoms with E-state index in [9.17, 15) is 0 Å². The summed E-state index contributed by atoms with van der Waals surface area (Å²) in [7, 11) is 0. The number of nitrogens with one attached hydrogen (secondary N) is 2. The van der Waals surface area contributed by atoms with Gasteiger partial charge >= 0.3 is 0 Å². The first kappa shape index (κ1) is 10.4. The van der Waals surface area contributed by atoms with Gasteiger partial charge in [-0.15, -0.1) is 0 Å². The van der Waals surface area contributed by atoms with E-state index in [2.05, 4.69) is 43.2 Å². The Morgan fingerprint density at radius 1 is 1.50 bits per heavy atom. The SMILES string of the molecule is CC(C)(C)NCC1CSCCN1. The first-order valence-electron chi connectivity index (χ1n) is 4.64. The molecule has 1 rings (SSSR count). The molecule has 0 saturated carbocycles. The quantitative estimate of drug-likeness (QED) is 0.678. The largest absolute Gasteiger partial charge is 0.311 e. The fourth-order valence-electron chi connectivity index (χ4n) is 1.18. The third-order valence-electron chi connectivity index (χ3n) is 1.88. The van der Waals surface area contributed by atoms with Crippen LogP contribution in [0.5, 0.6) is 0 Å². The van der Waals surface area contributed by atoms with Gasteiger partial charge < -0.3 is 10.6 Å². The minimum atomic E-state index is 0.254. The lowest BCUT2D eigenvalue weighted by Crippen LogP contribution is -2.49. The zero-order valence-corrected chi connectivity index (χ0v) is 9.13. The van der Waals surface area contributed by atoms with Crippen LogP contribution in [0.2, 0.25) is 0 Å². The topological polar surface area (TPSA) is 24.1 Å². The van der Waals surface area contributed by atoms with Crippen LogP contribution >= 0.6 is 11.8 Å². The molecule has 0 radical (unpaired) electrons. The van der Waals surface area contributed by atoms with Gasteiger partial charge in [-0.2, -0.15) is 11.8 Å². The van der Waals surface area contributed by atoms with Gasteiger partial charge in [-0.1, -0.05) is 0 Å². The summed E-state index contributed by atoms with van der Waals surface area (Å²) in [5, 5.41) is 7.02. The molecule has 1 fully saturated rings. The van der Waals surface area contributed by atoms with Crippen molar-refractivity contribution < 1.29 is 0 Å². The van der Waals surface area contributed by atoms with Crippen molar-refractivity contribution in [1.82, 2.24) is 10.6 Å². The van der Waals surface area contributed by atoms with E-state index >= 15 is 0 Å². The van der Waals surface area contributed by atoms with Crippen LogP contribution in [0.4, 0.5) is 0 Å². The molecule has 1 aliphatic rings. The van der Waals surface area contributed by atoms with Gasteiger partial charge in [0.05, 0.1) is 0 Å². The number of hydrogen-bond acceptors (Lipinski definition) is 3. The number of rotatable bonds is 2. The summed E-state index contributed by atoms with van der Waals surface area (Å²) >= 11 is 2.05. The average molecular weight is 188 g/mol. The van der Waals surface area contributed by atoms with Crippen LogP contribution in [-0.2, 0) is 0 Å². The van der Waals surface area contributed by atoms with Gasteiger partial charge in [0, 0.05) is 36.2 Å². The summed E-state index contributed by atoms with van der Waals surface area (Å²) in [6.45, 7) is 8.90. The van der Waals surface area contributed by atoms with Gasteiger partial charge in [-0.25, -0.2) is 0 Å². The molecule has 2 nitrogen and oxygen atoms in total. The van der Waals surface area contributed by atoms with Crippen LogP contribution in [0.1, 0.15) is 20.8 Å². The minimum Gasteiger partial charge on any atom is -0.311 e. The highest BCUT2D eigenvalue weighted by Crippen LogP contribution is 2.07.